The molecule has 0 spiro atoms. The first kappa shape index (κ1) is 15.7. The molecule has 3 nitrogen and oxygen atoms in total. The summed E-state index contributed by atoms with van der Waals surface area (Å²) in [6.45, 7) is 2.12. The Morgan fingerprint density at radius 1 is 1.00 bits per heavy atom. The molecule has 1 unspecified atom stereocenters. The maximum atomic E-state index is 6.23. The Morgan fingerprint density at radius 3 is 2.24 bits per heavy atom. The van der Waals surface area contributed by atoms with E-state index in [0.717, 1.165) is 16.9 Å². The number of hydrogen-bond acceptors (Lipinski definition) is 3. The van der Waals surface area contributed by atoms with E-state index in [-0.39, 0.29) is 6.04 Å². The topological polar surface area (TPSA) is 30.5 Å². The average molecular weight is 306 g/mol. The second-order valence-electron chi connectivity index (χ2n) is 4.82. The van der Waals surface area contributed by atoms with Crippen molar-refractivity contribution < 1.29 is 9.47 Å². The minimum atomic E-state index is 0.267. The first-order valence-corrected chi connectivity index (χ1v) is 7.17. The van der Waals surface area contributed by atoms with Crippen molar-refractivity contribution in [2.75, 3.05) is 21.3 Å². The van der Waals surface area contributed by atoms with Gasteiger partial charge in [0.2, 0.25) is 0 Å². The number of methoxy groups -OCH3 is 2. The van der Waals surface area contributed by atoms with Crippen molar-refractivity contribution >= 4 is 11.6 Å². The van der Waals surface area contributed by atoms with E-state index in [4.69, 9.17) is 21.1 Å². The zero-order valence-electron chi connectivity index (χ0n) is 12.7. The van der Waals surface area contributed by atoms with Crippen LogP contribution in [0.25, 0.3) is 11.1 Å². The fourth-order valence-electron chi connectivity index (χ4n) is 2.22. The van der Waals surface area contributed by atoms with Gasteiger partial charge in [-0.25, -0.2) is 0 Å². The molecule has 2 aromatic carbocycles. The number of hydrogen-bond donors (Lipinski definition) is 1. The monoisotopic (exact) mass is 305 g/mol. The third-order valence-electron chi connectivity index (χ3n) is 3.62. The smallest absolute Gasteiger partial charge is 0.137 e. The Labute approximate surface area is 130 Å². The van der Waals surface area contributed by atoms with Crippen LogP contribution >= 0.6 is 11.6 Å². The van der Waals surface area contributed by atoms with E-state index >= 15 is 0 Å². The van der Waals surface area contributed by atoms with Crippen LogP contribution in [0.15, 0.2) is 36.4 Å². The standard InChI is InChI=1S/C17H20ClNO2/c1-11(19-2)12-5-7-16(20-3)14(9-12)13-6-8-17(21-4)15(18)10-13/h5-11,19H,1-4H3. The van der Waals surface area contributed by atoms with Gasteiger partial charge >= 0.3 is 0 Å². The molecular weight excluding hydrogens is 286 g/mol. The largest absolute Gasteiger partial charge is 0.496 e. The van der Waals surface area contributed by atoms with Gasteiger partial charge in [0.1, 0.15) is 11.5 Å². The van der Waals surface area contributed by atoms with Gasteiger partial charge in [-0.15, -0.1) is 0 Å². The number of benzene rings is 2. The maximum Gasteiger partial charge on any atom is 0.137 e. The Hall–Kier alpha value is -1.71. The lowest BCUT2D eigenvalue weighted by molar-refractivity contribution is 0.414. The SMILES string of the molecule is CNC(C)c1ccc(OC)c(-c2ccc(OC)c(Cl)c2)c1. The average Bonchev–Trinajstić information content (AvgIpc) is 2.53. The number of rotatable bonds is 5. The molecule has 0 saturated carbocycles. The van der Waals surface area contributed by atoms with Gasteiger partial charge in [-0.1, -0.05) is 23.7 Å². The van der Waals surface area contributed by atoms with E-state index in [1.807, 2.05) is 31.3 Å². The number of halogens is 1. The van der Waals surface area contributed by atoms with Gasteiger partial charge in [-0.05, 0) is 49.4 Å². The van der Waals surface area contributed by atoms with Gasteiger partial charge < -0.3 is 14.8 Å². The van der Waals surface area contributed by atoms with Crippen molar-refractivity contribution in [3.05, 3.63) is 47.0 Å². The second-order valence-corrected chi connectivity index (χ2v) is 5.23. The molecule has 0 aromatic heterocycles. The van der Waals surface area contributed by atoms with E-state index in [2.05, 4.69) is 24.4 Å². The molecule has 0 aliphatic carbocycles. The van der Waals surface area contributed by atoms with E-state index in [1.54, 1.807) is 14.2 Å². The van der Waals surface area contributed by atoms with Gasteiger partial charge in [0, 0.05) is 11.6 Å². The maximum absolute atomic E-state index is 6.23. The Balaban J connectivity index is 2.52. The highest BCUT2D eigenvalue weighted by atomic mass is 35.5. The molecule has 0 bridgehead atoms. The number of ether oxygens (including phenoxy) is 2. The lowest BCUT2D eigenvalue weighted by atomic mass is 9.99. The van der Waals surface area contributed by atoms with Crippen molar-refractivity contribution in [3.8, 4) is 22.6 Å². The van der Waals surface area contributed by atoms with Crippen LogP contribution in [0.2, 0.25) is 5.02 Å². The molecule has 0 heterocycles. The third kappa shape index (κ3) is 3.31. The molecule has 112 valence electrons. The molecule has 0 aliphatic rings. The van der Waals surface area contributed by atoms with E-state index < -0.39 is 0 Å². The molecule has 0 amide bonds. The van der Waals surface area contributed by atoms with Crippen molar-refractivity contribution in [2.45, 2.75) is 13.0 Å². The van der Waals surface area contributed by atoms with E-state index in [0.29, 0.717) is 10.8 Å². The molecule has 0 fully saturated rings. The second kappa shape index (κ2) is 6.83. The van der Waals surface area contributed by atoms with Crippen LogP contribution in [-0.2, 0) is 0 Å². The Morgan fingerprint density at radius 2 is 1.67 bits per heavy atom. The summed E-state index contributed by atoms with van der Waals surface area (Å²) in [5.41, 5.74) is 3.21. The normalized spacial score (nSPS) is 12.0. The highest BCUT2D eigenvalue weighted by molar-refractivity contribution is 6.32. The third-order valence-corrected chi connectivity index (χ3v) is 3.91. The van der Waals surface area contributed by atoms with Crippen LogP contribution in [0.1, 0.15) is 18.5 Å². The van der Waals surface area contributed by atoms with Crippen LogP contribution in [0, 0.1) is 0 Å². The minimum Gasteiger partial charge on any atom is -0.496 e. The van der Waals surface area contributed by atoms with Crippen molar-refractivity contribution in [2.24, 2.45) is 0 Å². The number of nitrogens with one attached hydrogen (secondary N) is 1. The fourth-order valence-corrected chi connectivity index (χ4v) is 2.48. The van der Waals surface area contributed by atoms with Crippen LogP contribution in [-0.4, -0.2) is 21.3 Å². The minimum absolute atomic E-state index is 0.267. The Bertz CT molecular complexity index is 628. The lowest BCUT2D eigenvalue weighted by Crippen LogP contribution is -2.12. The molecule has 1 N–H and O–H groups in total. The summed E-state index contributed by atoms with van der Waals surface area (Å²) >= 11 is 6.23. The summed E-state index contributed by atoms with van der Waals surface area (Å²) in [4.78, 5) is 0. The lowest BCUT2D eigenvalue weighted by Gasteiger charge is -2.16. The summed E-state index contributed by atoms with van der Waals surface area (Å²) in [5, 5.41) is 3.83. The van der Waals surface area contributed by atoms with Gasteiger partial charge in [0.05, 0.1) is 19.2 Å². The molecule has 0 aliphatic heterocycles. The Kier molecular flexibility index (Phi) is 5.10. The van der Waals surface area contributed by atoms with Gasteiger partial charge in [0.15, 0.2) is 0 Å². The molecule has 0 saturated heterocycles. The summed E-state index contributed by atoms with van der Waals surface area (Å²) in [7, 11) is 5.22. The zero-order valence-corrected chi connectivity index (χ0v) is 13.5. The van der Waals surface area contributed by atoms with Crippen LogP contribution in [0.5, 0.6) is 11.5 Å². The molecule has 2 rings (SSSR count). The summed E-state index contributed by atoms with van der Waals surface area (Å²) in [6, 6.07) is 12.2. The van der Waals surface area contributed by atoms with Crippen molar-refractivity contribution in [3.63, 3.8) is 0 Å². The van der Waals surface area contributed by atoms with Crippen LogP contribution in [0.3, 0.4) is 0 Å². The quantitative estimate of drug-likeness (QED) is 0.893. The fraction of sp³-hybridized carbons (Fsp3) is 0.294. The first-order chi connectivity index (χ1) is 10.1. The highest BCUT2D eigenvalue weighted by Gasteiger charge is 2.12. The van der Waals surface area contributed by atoms with E-state index in [9.17, 15) is 0 Å². The van der Waals surface area contributed by atoms with Crippen molar-refractivity contribution in [1.29, 1.82) is 0 Å². The van der Waals surface area contributed by atoms with Crippen LogP contribution in [0.4, 0.5) is 0 Å². The van der Waals surface area contributed by atoms with Gasteiger partial charge in [-0.2, -0.15) is 0 Å². The molecule has 1 atom stereocenters. The molecule has 2 aromatic rings. The molecule has 21 heavy (non-hydrogen) atoms. The van der Waals surface area contributed by atoms with E-state index in [1.165, 1.54) is 5.56 Å². The first-order valence-electron chi connectivity index (χ1n) is 6.79. The summed E-state index contributed by atoms with van der Waals surface area (Å²) in [6.07, 6.45) is 0. The zero-order chi connectivity index (χ0) is 15.4. The molecule has 0 radical (unpaired) electrons. The highest BCUT2D eigenvalue weighted by Crippen LogP contribution is 2.36. The predicted molar refractivity (Wildman–Crippen MR) is 87.5 cm³/mol. The summed E-state index contributed by atoms with van der Waals surface area (Å²) in [5.74, 6) is 1.49. The van der Waals surface area contributed by atoms with Gasteiger partial charge in [-0.3, -0.25) is 0 Å². The van der Waals surface area contributed by atoms with Crippen molar-refractivity contribution in [1.82, 2.24) is 5.32 Å². The predicted octanol–water partition coefficient (Wildman–Crippen LogP) is 4.30. The summed E-state index contributed by atoms with van der Waals surface area (Å²) < 4.78 is 10.7. The molecular formula is C17H20ClNO2. The van der Waals surface area contributed by atoms with Gasteiger partial charge in [0.25, 0.3) is 0 Å². The van der Waals surface area contributed by atoms with Crippen LogP contribution < -0.4 is 14.8 Å². The molecule has 4 heteroatoms.